The first-order valence-corrected chi connectivity index (χ1v) is 5.06. The van der Waals surface area contributed by atoms with Gasteiger partial charge in [0.15, 0.2) is 0 Å². The molecule has 0 radical (unpaired) electrons. The van der Waals surface area contributed by atoms with Crippen LogP contribution in [0.25, 0.3) is 0 Å². The van der Waals surface area contributed by atoms with Crippen molar-refractivity contribution in [2.75, 3.05) is 18.4 Å². The van der Waals surface area contributed by atoms with Gasteiger partial charge in [0.25, 0.3) is 5.91 Å². The molecule has 1 aromatic carbocycles. The molecule has 1 aromatic rings. The number of likely N-dealkylation sites (tertiary alicyclic amines) is 1. The molecule has 1 fully saturated rings. The maximum atomic E-state index is 11.8. The number of carboxylic acid groups (broad SMARTS) is 1. The van der Waals surface area contributed by atoms with Gasteiger partial charge in [-0.3, -0.25) is 10.1 Å². The Kier molecular flexibility index (Phi) is 2.76. The summed E-state index contributed by atoms with van der Waals surface area (Å²) in [7, 11) is 0. The highest BCUT2D eigenvalue weighted by Crippen LogP contribution is 2.16. The van der Waals surface area contributed by atoms with Crippen LogP contribution < -0.4 is 5.32 Å². The first-order valence-electron chi connectivity index (χ1n) is 5.06. The molecule has 1 saturated heterocycles. The Labute approximate surface area is 92.7 Å². The maximum Gasteiger partial charge on any atom is 0.409 e. The lowest BCUT2D eigenvalue weighted by molar-refractivity contribution is 0.0652. The molecular weight excluding hydrogens is 208 g/mol. The highest BCUT2D eigenvalue weighted by Gasteiger charge is 2.21. The number of anilines is 1. The number of nitrogens with one attached hydrogen (secondary N) is 1. The topological polar surface area (TPSA) is 69.6 Å². The van der Waals surface area contributed by atoms with E-state index in [1.807, 2.05) is 0 Å². The molecule has 2 rings (SSSR count). The number of nitrogens with zero attached hydrogens (tertiary/aromatic N) is 1. The van der Waals surface area contributed by atoms with Crippen LogP contribution in [0.2, 0.25) is 0 Å². The van der Waals surface area contributed by atoms with Crippen LogP contribution in [0.15, 0.2) is 24.3 Å². The van der Waals surface area contributed by atoms with E-state index in [0.29, 0.717) is 11.3 Å². The quantitative estimate of drug-likeness (QED) is 0.795. The van der Waals surface area contributed by atoms with E-state index in [-0.39, 0.29) is 5.91 Å². The first kappa shape index (κ1) is 10.5. The number of amides is 2. The molecule has 0 unspecified atom stereocenters. The summed E-state index contributed by atoms with van der Waals surface area (Å²) in [6.45, 7) is 1.57. The number of hydrogen-bond donors (Lipinski definition) is 2. The fraction of sp³-hybridized carbons (Fsp3) is 0.273. The molecule has 0 spiro atoms. The molecule has 0 aliphatic carbocycles. The molecule has 0 aromatic heterocycles. The summed E-state index contributed by atoms with van der Waals surface area (Å²) in [5.41, 5.74) is 0.935. The first-order chi connectivity index (χ1) is 7.66. The summed E-state index contributed by atoms with van der Waals surface area (Å²) in [6.07, 6.45) is -0.0905. The van der Waals surface area contributed by atoms with Gasteiger partial charge in [-0.25, -0.2) is 4.79 Å². The van der Waals surface area contributed by atoms with E-state index in [4.69, 9.17) is 5.11 Å². The fourth-order valence-corrected chi connectivity index (χ4v) is 1.56. The Morgan fingerprint density at radius 2 is 2.06 bits per heavy atom. The van der Waals surface area contributed by atoms with Gasteiger partial charge in [-0.05, 0) is 24.6 Å². The van der Waals surface area contributed by atoms with Gasteiger partial charge in [-0.1, -0.05) is 6.07 Å². The van der Waals surface area contributed by atoms with E-state index in [0.717, 1.165) is 19.5 Å². The highest BCUT2D eigenvalue weighted by molar-refractivity contribution is 5.96. The summed E-state index contributed by atoms with van der Waals surface area (Å²) >= 11 is 0. The predicted molar refractivity (Wildman–Crippen MR) is 58.6 cm³/mol. The molecule has 0 atom stereocenters. The Bertz CT molecular complexity index is 427. The Morgan fingerprint density at radius 3 is 2.62 bits per heavy atom. The number of carbonyl (C=O) groups is 2. The molecule has 5 heteroatoms. The average molecular weight is 220 g/mol. The molecule has 1 heterocycles. The molecule has 5 nitrogen and oxygen atoms in total. The van der Waals surface area contributed by atoms with Crippen molar-refractivity contribution in [2.45, 2.75) is 6.42 Å². The SMILES string of the molecule is O=C(O)Nc1cccc(C(=O)N2CCC2)c1. The lowest BCUT2D eigenvalue weighted by atomic mass is 10.1. The van der Waals surface area contributed by atoms with Gasteiger partial charge >= 0.3 is 6.09 Å². The van der Waals surface area contributed by atoms with Gasteiger partial charge in [-0.15, -0.1) is 0 Å². The fourth-order valence-electron chi connectivity index (χ4n) is 1.56. The summed E-state index contributed by atoms with van der Waals surface area (Å²) < 4.78 is 0. The van der Waals surface area contributed by atoms with Crippen LogP contribution in [0.5, 0.6) is 0 Å². The minimum absolute atomic E-state index is 0.0414. The molecule has 2 amide bonds. The smallest absolute Gasteiger partial charge is 0.409 e. The molecular formula is C11H12N2O3. The normalized spacial score (nSPS) is 14.1. The Balaban J connectivity index is 2.14. The van der Waals surface area contributed by atoms with E-state index in [9.17, 15) is 9.59 Å². The van der Waals surface area contributed by atoms with Crippen LogP contribution in [0, 0.1) is 0 Å². The molecule has 84 valence electrons. The predicted octanol–water partition coefficient (Wildman–Crippen LogP) is 1.62. The monoisotopic (exact) mass is 220 g/mol. The van der Waals surface area contributed by atoms with Crippen molar-refractivity contribution in [1.82, 2.24) is 4.90 Å². The standard InChI is InChI=1S/C11H12N2O3/c14-10(13-5-2-6-13)8-3-1-4-9(7-8)12-11(15)16/h1,3-4,7,12H,2,5-6H2,(H,15,16). The van der Waals surface area contributed by atoms with Crippen molar-refractivity contribution in [3.05, 3.63) is 29.8 Å². The van der Waals surface area contributed by atoms with Crippen LogP contribution in [-0.2, 0) is 0 Å². The van der Waals surface area contributed by atoms with Gasteiger partial charge in [0.2, 0.25) is 0 Å². The van der Waals surface area contributed by atoms with E-state index in [1.54, 1.807) is 29.2 Å². The molecule has 16 heavy (non-hydrogen) atoms. The van der Waals surface area contributed by atoms with Crippen molar-refractivity contribution < 1.29 is 14.7 Å². The van der Waals surface area contributed by atoms with Crippen molar-refractivity contribution in [2.24, 2.45) is 0 Å². The zero-order valence-corrected chi connectivity index (χ0v) is 8.64. The van der Waals surface area contributed by atoms with E-state index < -0.39 is 6.09 Å². The van der Waals surface area contributed by atoms with Crippen LogP contribution in [-0.4, -0.2) is 35.1 Å². The number of hydrogen-bond acceptors (Lipinski definition) is 2. The van der Waals surface area contributed by atoms with Crippen LogP contribution in [0.1, 0.15) is 16.8 Å². The summed E-state index contributed by atoms with van der Waals surface area (Å²) in [5.74, 6) is -0.0414. The van der Waals surface area contributed by atoms with Gasteiger partial charge in [-0.2, -0.15) is 0 Å². The third-order valence-corrected chi connectivity index (χ3v) is 2.50. The lowest BCUT2D eigenvalue weighted by Gasteiger charge is -2.30. The molecule has 2 N–H and O–H groups in total. The van der Waals surface area contributed by atoms with Crippen molar-refractivity contribution in [3.63, 3.8) is 0 Å². The number of rotatable bonds is 2. The second kappa shape index (κ2) is 4.22. The zero-order valence-electron chi connectivity index (χ0n) is 8.64. The van der Waals surface area contributed by atoms with Crippen molar-refractivity contribution in [1.29, 1.82) is 0 Å². The van der Waals surface area contributed by atoms with E-state index >= 15 is 0 Å². The summed E-state index contributed by atoms with van der Waals surface area (Å²) in [4.78, 5) is 24.0. The molecule has 0 saturated carbocycles. The van der Waals surface area contributed by atoms with Gasteiger partial charge < -0.3 is 10.0 Å². The summed E-state index contributed by atoms with van der Waals surface area (Å²) in [6, 6.07) is 6.52. The van der Waals surface area contributed by atoms with Crippen molar-refractivity contribution in [3.8, 4) is 0 Å². The van der Waals surface area contributed by atoms with E-state index in [2.05, 4.69) is 5.32 Å². The van der Waals surface area contributed by atoms with Gasteiger partial charge in [0.05, 0.1) is 0 Å². The Hall–Kier alpha value is -2.04. The molecule has 0 bridgehead atoms. The van der Waals surface area contributed by atoms with Crippen molar-refractivity contribution >= 4 is 17.7 Å². The van der Waals surface area contributed by atoms with Crippen LogP contribution >= 0.6 is 0 Å². The maximum absolute atomic E-state index is 11.8. The minimum atomic E-state index is -1.13. The second-order valence-electron chi connectivity index (χ2n) is 3.66. The zero-order chi connectivity index (χ0) is 11.5. The second-order valence-corrected chi connectivity index (χ2v) is 3.66. The summed E-state index contributed by atoms with van der Waals surface area (Å²) in [5, 5.41) is 10.8. The Morgan fingerprint density at radius 1 is 1.31 bits per heavy atom. The van der Waals surface area contributed by atoms with Gasteiger partial charge in [0.1, 0.15) is 0 Å². The average Bonchev–Trinajstić information content (AvgIpc) is 2.14. The molecule has 1 aliphatic rings. The van der Waals surface area contributed by atoms with Crippen LogP contribution in [0.4, 0.5) is 10.5 Å². The third-order valence-electron chi connectivity index (χ3n) is 2.50. The highest BCUT2D eigenvalue weighted by atomic mass is 16.4. The third kappa shape index (κ3) is 2.13. The van der Waals surface area contributed by atoms with Gasteiger partial charge in [0, 0.05) is 24.3 Å². The number of benzene rings is 1. The van der Waals surface area contributed by atoms with E-state index in [1.165, 1.54) is 0 Å². The number of carbonyl (C=O) groups excluding carboxylic acids is 1. The lowest BCUT2D eigenvalue weighted by Crippen LogP contribution is -2.42. The minimum Gasteiger partial charge on any atom is -0.465 e. The van der Waals surface area contributed by atoms with Crippen LogP contribution in [0.3, 0.4) is 0 Å². The molecule has 1 aliphatic heterocycles. The largest absolute Gasteiger partial charge is 0.465 e.